The van der Waals surface area contributed by atoms with Crippen molar-refractivity contribution in [1.82, 2.24) is 4.98 Å². The summed E-state index contributed by atoms with van der Waals surface area (Å²) in [5, 5.41) is 0.794. The van der Waals surface area contributed by atoms with Gasteiger partial charge in [0.1, 0.15) is 0 Å². The lowest BCUT2D eigenvalue weighted by atomic mass is 10.0. The first-order valence-corrected chi connectivity index (χ1v) is 5.75. The van der Waals surface area contributed by atoms with Crippen LogP contribution in [0.5, 0.6) is 0 Å². The standard InChI is InChI=1S/C14H17NO/c1-4-5-11-8-13(16)12-7-6-9(2)10(3)14(12)15-11/h6-8H,4-5H2,1-3H3,(H,15,16). The first-order chi connectivity index (χ1) is 7.63. The Balaban J connectivity index is 2.78. The molecular formula is C14H17NO. The van der Waals surface area contributed by atoms with Crippen molar-refractivity contribution in [3.63, 3.8) is 0 Å². The zero-order valence-electron chi connectivity index (χ0n) is 10.1. The van der Waals surface area contributed by atoms with Crippen LogP contribution in [0.2, 0.25) is 0 Å². The van der Waals surface area contributed by atoms with Crippen LogP contribution >= 0.6 is 0 Å². The molecular weight excluding hydrogens is 198 g/mol. The third kappa shape index (κ3) is 1.75. The third-order valence-electron chi connectivity index (χ3n) is 3.11. The molecule has 2 aromatic rings. The van der Waals surface area contributed by atoms with Gasteiger partial charge in [-0.1, -0.05) is 19.4 Å². The van der Waals surface area contributed by atoms with Gasteiger partial charge < -0.3 is 4.98 Å². The van der Waals surface area contributed by atoms with Crippen LogP contribution in [0.25, 0.3) is 10.9 Å². The van der Waals surface area contributed by atoms with Crippen LogP contribution in [0.4, 0.5) is 0 Å². The summed E-state index contributed by atoms with van der Waals surface area (Å²) < 4.78 is 0. The molecule has 16 heavy (non-hydrogen) atoms. The fourth-order valence-corrected chi connectivity index (χ4v) is 2.02. The van der Waals surface area contributed by atoms with E-state index in [9.17, 15) is 4.79 Å². The van der Waals surface area contributed by atoms with Crippen molar-refractivity contribution < 1.29 is 0 Å². The number of rotatable bonds is 2. The highest BCUT2D eigenvalue weighted by atomic mass is 16.1. The van der Waals surface area contributed by atoms with Crippen LogP contribution in [-0.4, -0.2) is 4.98 Å². The van der Waals surface area contributed by atoms with Gasteiger partial charge in [-0.2, -0.15) is 0 Å². The first-order valence-electron chi connectivity index (χ1n) is 5.75. The van der Waals surface area contributed by atoms with Gasteiger partial charge in [-0.15, -0.1) is 0 Å². The highest BCUT2D eigenvalue weighted by Gasteiger charge is 2.05. The monoisotopic (exact) mass is 215 g/mol. The summed E-state index contributed by atoms with van der Waals surface area (Å²) >= 11 is 0. The van der Waals surface area contributed by atoms with Gasteiger partial charge in [0.2, 0.25) is 0 Å². The van der Waals surface area contributed by atoms with E-state index in [4.69, 9.17) is 0 Å². The molecule has 0 saturated carbocycles. The molecule has 1 heterocycles. The molecule has 2 heteroatoms. The van der Waals surface area contributed by atoms with Gasteiger partial charge in [0.15, 0.2) is 5.43 Å². The maximum absolute atomic E-state index is 11.9. The highest BCUT2D eigenvalue weighted by Crippen LogP contribution is 2.17. The Bertz CT molecular complexity index is 581. The van der Waals surface area contributed by atoms with Gasteiger partial charge in [-0.25, -0.2) is 0 Å². The van der Waals surface area contributed by atoms with Crippen molar-refractivity contribution in [1.29, 1.82) is 0 Å². The molecule has 0 unspecified atom stereocenters. The maximum Gasteiger partial charge on any atom is 0.189 e. The van der Waals surface area contributed by atoms with E-state index < -0.39 is 0 Å². The number of pyridine rings is 1. The topological polar surface area (TPSA) is 32.9 Å². The van der Waals surface area contributed by atoms with Gasteiger partial charge >= 0.3 is 0 Å². The molecule has 0 bridgehead atoms. The van der Waals surface area contributed by atoms with E-state index in [1.165, 1.54) is 11.1 Å². The molecule has 0 amide bonds. The van der Waals surface area contributed by atoms with Gasteiger partial charge in [0, 0.05) is 17.1 Å². The second kappa shape index (κ2) is 4.12. The molecule has 0 fully saturated rings. The second-order valence-corrected chi connectivity index (χ2v) is 4.34. The molecule has 2 nitrogen and oxygen atoms in total. The minimum absolute atomic E-state index is 0.125. The van der Waals surface area contributed by atoms with Crippen LogP contribution in [0.3, 0.4) is 0 Å². The number of aryl methyl sites for hydroxylation is 3. The van der Waals surface area contributed by atoms with E-state index in [0.717, 1.165) is 29.4 Å². The molecule has 1 aromatic carbocycles. The van der Waals surface area contributed by atoms with Crippen LogP contribution in [-0.2, 0) is 6.42 Å². The first kappa shape index (κ1) is 10.9. The van der Waals surface area contributed by atoms with Gasteiger partial charge in [0.05, 0.1) is 5.52 Å². The molecule has 1 N–H and O–H groups in total. The summed E-state index contributed by atoms with van der Waals surface area (Å²) in [5.41, 5.74) is 4.55. The summed E-state index contributed by atoms with van der Waals surface area (Å²) in [6, 6.07) is 5.64. The molecule has 0 saturated heterocycles. The van der Waals surface area contributed by atoms with E-state index in [0.29, 0.717) is 0 Å². The molecule has 2 rings (SSSR count). The SMILES string of the molecule is CCCc1cc(=O)c2ccc(C)c(C)c2[nH]1. The molecule has 0 spiro atoms. The number of hydrogen-bond acceptors (Lipinski definition) is 1. The summed E-state index contributed by atoms with van der Waals surface area (Å²) in [7, 11) is 0. The van der Waals surface area contributed by atoms with E-state index in [-0.39, 0.29) is 5.43 Å². The summed E-state index contributed by atoms with van der Waals surface area (Å²) in [5.74, 6) is 0. The van der Waals surface area contributed by atoms with E-state index >= 15 is 0 Å². The normalized spacial score (nSPS) is 10.9. The lowest BCUT2D eigenvalue weighted by Crippen LogP contribution is -2.06. The number of benzene rings is 1. The van der Waals surface area contributed by atoms with Gasteiger partial charge in [-0.05, 0) is 37.5 Å². The number of H-pyrrole nitrogens is 1. The lowest BCUT2D eigenvalue weighted by molar-refractivity contribution is 0.887. The molecule has 84 valence electrons. The zero-order valence-corrected chi connectivity index (χ0v) is 10.1. The average Bonchev–Trinajstić information content (AvgIpc) is 2.25. The Morgan fingerprint density at radius 2 is 2.00 bits per heavy atom. The Labute approximate surface area is 95.3 Å². The average molecular weight is 215 g/mol. The summed E-state index contributed by atoms with van der Waals surface area (Å²) in [4.78, 5) is 15.3. The number of hydrogen-bond donors (Lipinski definition) is 1. The predicted molar refractivity (Wildman–Crippen MR) is 68.0 cm³/mol. The largest absolute Gasteiger partial charge is 0.358 e. The maximum atomic E-state index is 11.9. The molecule has 0 atom stereocenters. The van der Waals surface area contributed by atoms with Crippen molar-refractivity contribution in [2.45, 2.75) is 33.6 Å². The van der Waals surface area contributed by atoms with Crippen molar-refractivity contribution in [2.24, 2.45) is 0 Å². The van der Waals surface area contributed by atoms with Crippen molar-refractivity contribution in [3.05, 3.63) is 45.2 Å². The number of nitrogens with one attached hydrogen (secondary N) is 1. The Morgan fingerprint density at radius 3 is 2.69 bits per heavy atom. The fourth-order valence-electron chi connectivity index (χ4n) is 2.02. The smallest absolute Gasteiger partial charge is 0.189 e. The summed E-state index contributed by atoms with van der Waals surface area (Å²) in [6.45, 7) is 6.24. The van der Waals surface area contributed by atoms with Crippen LogP contribution in [0.15, 0.2) is 23.0 Å². The van der Waals surface area contributed by atoms with E-state index in [2.05, 4.69) is 25.8 Å². The lowest BCUT2D eigenvalue weighted by Gasteiger charge is -2.07. The van der Waals surface area contributed by atoms with Crippen LogP contribution < -0.4 is 5.43 Å². The quantitative estimate of drug-likeness (QED) is 0.820. The Morgan fingerprint density at radius 1 is 1.25 bits per heavy atom. The minimum atomic E-state index is 0.125. The number of aromatic nitrogens is 1. The van der Waals surface area contributed by atoms with Gasteiger partial charge in [0.25, 0.3) is 0 Å². The van der Waals surface area contributed by atoms with Crippen LogP contribution in [0, 0.1) is 13.8 Å². The van der Waals surface area contributed by atoms with Crippen molar-refractivity contribution in [2.75, 3.05) is 0 Å². The third-order valence-corrected chi connectivity index (χ3v) is 3.11. The zero-order chi connectivity index (χ0) is 11.7. The highest BCUT2D eigenvalue weighted by molar-refractivity contribution is 5.82. The molecule has 0 radical (unpaired) electrons. The predicted octanol–water partition coefficient (Wildman–Crippen LogP) is 3.10. The van der Waals surface area contributed by atoms with Gasteiger partial charge in [-0.3, -0.25) is 4.79 Å². The molecule has 0 aliphatic carbocycles. The summed E-state index contributed by atoms with van der Waals surface area (Å²) in [6.07, 6.45) is 1.98. The number of fused-ring (bicyclic) bond motifs is 1. The Hall–Kier alpha value is -1.57. The second-order valence-electron chi connectivity index (χ2n) is 4.34. The van der Waals surface area contributed by atoms with Crippen molar-refractivity contribution in [3.8, 4) is 0 Å². The molecule has 1 aromatic heterocycles. The number of aromatic amines is 1. The molecule has 0 aliphatic rings. The van der Waals surface area contributed by atoms with Crippen molar-refractivity contribution >= 4 is 10.9 Å². The van der Waals surface area contributed by atoms with E-state index in [1.807, 2.05) is 12.1 Å². The molecule has 0 aliphatic heterocycles. The van der Waals surface area contributed by atoms with E-state index in [1.54, 1.807) is 6.07 Å². The van der Waals surface area contributed by atoms with Crippen LogP contribution in [0.1, 0.15) is 30.2 Å². The fraction of sp³-hybridized carbons (Fsp3) is 0.357. The Kier molecular flexibility index (Phi) is 2.82. The minimum Gasteiger partial charge on any atom is -0.358 e.